The van der Waals surface area contributed by atoms with Crippen LogP contribution in [0.25, 0.3) is 0 Å². The second-order valence-electron chi connectivity index (χ2n) is 8.33. The molecule has 0 atom stereocenters. The fourth-order valence-electron chi connectivity index (χ4n) is 4.33. The van der Waals surface area contributed by atoms with Crippen LogP contribution in [0.5, 0.6) is 0 Å². The Kier molecular flexibility index (Phi) is 4.94. The Bertz CT molecular complexity index is 983. The SMILES string of the molecule is CCCN1Cc2c(Nc3cccc4c3C(=O)N(CC(C)C)C4)ccc(N)c2C1=O. The fraction of sp³-hybridized carbons (Fsp3) is 0.391. The lowest BCUT2D eigenvalue weighted by Crippen LogP contribution is -2.28. The van der Waals surface area contributed by atoms with E-state index < -0.39 is 0 Å². The molecule has 2 aromatic rings. The number of carbonyl (C=O) groups is 2. The summed E-state index contributed by atoms with van der Waals surface area (Å²) in [6.07, 6.45) is 0.898. The first-order valence-electron chi connectivity index (χ1n) is 10.3. The topological polar surface area (TPSA) is 78.7 Å². The molecule has 6 nitrogen and oxygen atoms in total. The minimum atomic E-state index is -0.0134. The lowest BCUT2D eigenvalue weighted by molar-refractivity contribution is 0.0758. The number of carbonyl (C=O) groups excluding carboxylic acids is 2. The smallest absolute Gasteiger partial charge is 0.256 e. The van der Waals surface area contributed by atoms with Crippen LogP contribution in [0.1, 0.15) is 59.0 Å². The van der Waals surface area contributed by atoms with Gasteiger partial charge >= 0.3 is 0 Å². The summed E-state index contributed by atoms with van der Waals surface area (Å²) in [5.74, 6) is 0.466. The molecule has 0 spiro atoms. The predicted molar refractivity (Wildman–Crippen MR) is 115 cm³/mol. The number of rotatable bonds is 6. The maximum Gasteiger partial charge on any atom is 0.256 e. The average molecular weight is 393 g/mol. The van der Waals surface area contributed by atoms with Crippen molar-refractivity contribution < 1.29 is 9.59 Å². The normalized spacial score (nSPS) is 15.3. The van der Waals surface area contributed by atoms with Crippen LogP contribution in [0.15, 0.2) is 30.3 Å². The third-order valence-electron chi connectivity index (χ3n) is 5.56. The highest BCUT2D eigenvalue weighted by Crippen LogP contribution is 2.37. The van der Waals surface area contributed by atoms with Crippen LogP contribution in [-0.2, 0) is 13.1 Å². The lowest BCUT2D eigenvalue weighted by atomic mass is 10.0. The molecule has 6 heteroatoms. The van der Waals surface area contributed by atoms with Crippen molar-refractivity contribution in [3.05, 3.63) is 52.6 Å². The molecule has 0 saturated heterocycles. The van der Waals surface area contributed by atoms with Crippen LogP contribution in [0.4, 0.5) is 17.1 Å². The average Bonchev–Trinajstić information content (AvgIpc) is 3.16. The summed E-state index contributed by atoms with van der Waals surface area (Å²) in [5, 5.41) is 3.44. The molecule has 0 radical (unpaired) electrons. The second kappa shape index (κ2) is 7.43. The van der Waals surface area contributed by atoms with Gasteiger partial charge in [-0.3, -0.25) is 9.59 Å². The standard InChI is InChI=1S/C23H28N4O2/c1-4-10-26-13-16-18(9-8-17(24)21(16)23(26)29)25-19-7-5-6-15-12-27(11-14(2)3)22(28)20(15)19/h5-9,14,25H,4,10-13,24H2,1-3H3. The van der Waals surface area contributed by atoms with Gasteiger partial charge in [-0.05, 0) is 36.1 Å². The minimum absolute atomic E-state index is 0.0134. The van der Waals surface area contributed by atoms with E-state index in [1.807, 2.05) is 34.1 Å². The Morgan fingerprint density at radius 2 is 1.76 bits per heavy atom. The number of amides is 2. The number of nitrogens with zero attached hydrogens (tertiary/aromatic N) is 2. The molecule has 2 aliphatic heterocycles. The molecule has 29 heavy (non-hydrogen) atoms. The van der Waals surface area contributed by atoms with Gasteiger partial charge in [-0.15, -0.1) is 0 Å². The van der Waals surface area contributed by atoms with Crippen molar-refractivity contribution in [3.63, 3.8) is 0 Å². The van der Waals surface area contributed by atoms with E-state index in [1.165, 1.54) is 0 Å². The van der Waals surface area contributed by atoms with Crippen LogP contribution in [0, 0.1) is 5.92 Å². The summed E-state index contributed by atoms with van der Waals surface area (Å²) in [7, 11) is 0. The van der Waals surface area contributed by atoms with Crippen LogP contribution in [0.2, 0.25) is 0 Å². The van der Waals surface area contributed by atoms with Gasteiger partial charge in [-0.1, -0.05) is 32.9 Å². The maximum absolute atomic E-state index is 13.0. The molecule has 0 fully saturated rings. The van der Waals surface area contributed by atoms with E-state index in [9.17, 15) is 9.59 Å². The monoisotopic (exact) mass is 392 g/mol. The van der Waals surface area contributed by atoms with Gasteiger partial charge in [0.05, 0.1) is 16.8 Å². The first-order valence-corrected chi connectivity index (χ1v) is 10.3. The van der Waals surface area contributed by atoms with Crippen LogP contribution < -0.4 is 11.1 Å². The van der Waals surface area contributed by atoms with Gasteiger partial charge in [-0.2, -0.15) is 0 Å². The zero-order valence-corrected chi connectivity index (χ0v) is 17.3. The van der Waals surface area contributed by atoms with Crippen LogP contribution >= 0.6 is 0 Å². The van der Waals surface area contributed by atoms with E-state index in [0.717, 1.165) is 41.0 Å². The Morgan fingerprint density at radius 3 is 2.48 bits per heavy atom. The number of fused-ring (bicyclic) bond motifs is 2. The zero-order valence-electron chi connectivity index (χ0n) is 17.3. The number of hydrogen-bond donors (Lipinski definition) is 2. The van der Waals surface area contributed by atoms with Crippen LogP contribution in [0.3, 0.4) is 0 Å². The lowest BCUT2D eigenvalue weighted by Gasteiger charge is -2.18. The summed E-state index contributed by atoms with van der Waals surface area (Å²) in [4.78, 5) is 29.5. The number of nitrogens with one attached hydrogen (secondary N) is 1. The molecular formula is C23H28N4O2. The Hall–Kier alpha value is -3.02. The van der Waals surface area contributed by atoms with Crippen molar-refractivity contribution in [2.75, 3.05) is 24.1 Å². The molecule has 3 N–H and O–H groups in total. The molecule has 0 aliphatic carbocycles. The van der Waals surface area contributed by atoms with E-state index >= 15 is 0 Å². The van der Waals surface area contributed by atoms with Gasteiger partial charge in [0.15, 0.2) is 0 Å². The summed E-state index contributed by atoms with van der Waals surface area (Å²) < 4.78 is 0. The Labute approximate surface area is 171 Å². The highest BCUT2D eigenvalue weighted by Gasteiger charge is 2.33. The minimum Gasteiger partial charge on any atom is -0.398 e. The molecule has 2 heterocycles. The van der Waals surface area contributed by atoms with E-state index in [4.69, 9.17) is 5.73 Å². The van der Waals surface area contributed by atoms with Crippen molar-refractivity contribution in [3.8, 4) is 0 Å². The largest absolute Gasteiger partial charge is 0.398 e. The first kappa shape index (κ1) is 19.3. The van der Waals surface area contributed by atoms with Crippen molar-refractivity contribution in [2.24, 2.45) is 5.92 Å². The molecule has 2 aromatic carbocycles. The number of benzene rings is 2. The van der Waals surface area contributed by atoms with E-state index in [-0.39, 0.29) is 11.8 Å². The van der Waals surface area contributed by atoms with Crippen molar-refractivity contribution in [2.45, 2.75) is 40.3 Å². The summed E-state index contributed by atoms with van der Waals surface area (Å²) in [5.41, 5.74) is 11.5. The van der Waals surface area contributed by atoms with Crippen molar-refractivity contribution in [1.29, 1.82) is 0 Å². The molecule has 0 unspecified atom stereocenters. The van der Waals surface area contributed by atoms with Crippen molar-refractivity contribution >= 4 is 28.9 Å². The number of nitrogens with two attached hydrogens (primary N) is 1. The summed E-state index contributed by atoms with van der Waals surface area (Å²) in [6, 6.07) is 9.59. The quantitative estimate of drug-likeness (QED) is 0.729. The number of nitrogen functional groups attached to an aromatic ring is 1. The van der Waals surface area contributed by atoms with Gasteiger partial charge in [0.2, 0.25) is 0 Å². The molecule has 0 aromatic heterocycles. The number of anilines is 3. The molecule has 0 saturated carbocycles. The third kappa shape index (κ3) is 3.33. The third-order valence-corrected chi connectivity index (χ3v) is 5.56. The van der Waals surface area contributed by atoms with Crippen LogP contribution in [-0.4, -0.2) is 34.7 Å². The molecular weight excluding hydrogens is 364 g/mol. The summed E-state index contributed by atoms with van der Waals surface area (Å²) in [6.45, 7) is 8.92. The van der Waals surface area contributed by atoms with E-state index in [2.05, 4.69) is 26.1 Å². The highest BCUT2D eigenvalue weighted by molar-refractivity contribution is 6.06. The van der Waals surface area contributed by atoms with Gasteiger partial charge in [0, 0.05) is 43.1 Å². The van der Waals surface area contributed by atoms with E-state index in [0.29, 0.717) is 36.8 Å². The second-order valence-corrected chi connectivity index (χ2v) is 8.33. The molecule has 2 amide bonds. The first-order chi connectivity index (χ1) is 13.9. The van der Waals surface area contributed by atoms with Crippen molar-refractivity contribution in [1.82, 2.24) is 9.80 Å². The Morgan fingerprint density at radius 1 is 1.00 bits per heavy atom. The molecule has 152 valence electrons. The maximum atomic E-state index is 13.0. The number of hydrogen-bond acceptors (Lipinski definition) is 4. The fourth-order valence-corrected chi connectivity index (χ4v) is 4.33. The predicted octanol–water partition coefficient (Wildman–Crippen LogP) is 3.99. The highest BCUT2D eigenvalue weighted by atomic mass is 16.2. The van der Waals surface area contributed by atoms with Gasteiger partial charge in [-0.25, -0.2) is 0 Å². The molecule has 4 rings (SSSR count). The van der Waals surface area contributed by atoms with Gasteiger partial charge < -0.3 is 20.9 Å². The summed E-state index contributed by atoms with van der Waals surface area (Å²) >= 11 is 0. The Balaban J connectivity index is 1.68. The molecule has 2 aliphatic rings. The van der Waals surface area contributed by atoms with Gasteiger partial charge in [0.25, 0.3) is 11.8 Å². The van der Waals surface area contributed by atoms with Gasteiger partial charge in [0.1, 0.15) is 0 Å². The zero-order chi connectivity index (χ0) is 20.7. The molecule has 0 bridgehead atoms. The van der Waals surface area contributed by atoms with E-state index in [1.54, 1.807) is 6.07 Å².